The first-order valence-corrected chi connectivity index (χ1v) is 11.2. The Labute approximate surface area is 199 Å². The van der Waals surface area contributed by atoms with E-state index in [0.717, 1.165) is 5.56 Å². The van der Waals surface area contributed by atoms with Crippen LogP contribution in [0.2, 0.25) is 0 Å². The van der Waals surface area contributed by atoms with Crippen molar-refractivity contribution in [2.24, 2.45) is 5.92 Å². The lowest BCUT2D eigenvalue weighted by atomic mass is 10.0. The average Bonchev–Trinajstić information content (AvgIpc) is 3.07. The van der Waals surface area contributed by atoms with Gasteiger partial charge in [-0.15, -0.1) is 0 Å². The number of methoxy groups -OCH3 is 1. The van der Waals surface area contributed by atoms with Crippen LogP contribution in [0.15, 0.2) is 78.5 Å². The van der Waals surface area contributed by atoms with Gasteiger partial charge < -0.3 is 14.8 Å². The Bertz CT molecular complexity index is 1250. The number of para-hydroxylation sites is 2. The number of anilines is 2. The molecule has 0 bridgehead atoms. The van der Waals surface area contributed by atoms with Gasteiger partial charge >= 0.3 is 0 Å². The number of ether oxygens (including phenoxy) is 2. The van der Waals surface area contributed by atoms with Crippen LogP contribution in [0.4, 0.5) is 11.4 Å². The topological polar surface area (TPSA) is 67.9 Å². The monoisotopic (exact) mass is 456 g/mol. The lowest BCUT2D eigenvalue weighted by Gasteiger charge is -2.16. The van der Waals surface area contributed by atoms with Crippen LogP contribution < -0.4 is 19.7 Å². The Kier molecular flexibility index (Phi) is 6.68. The van der Waals surface area contributed by atoms with Crippen LogP contribution in [-0.2, 0) is 9.59 Å². The predicted octanol–water partition coefficient (Wildman–Crippen LogP) is 5.44. The molecule has 0 aliphatic carbocycles. The number of benzene rings is 3. The van der Waals surface area contributed by atoms with E-state index < -0.39 is 5.91 Å². The Morgan fingerprint density at radius 2 is 1.65 bits per heavy atom. The summed E-state index contributed by atoms with van der Waals surface area (Å²) in [5.74, 6) is 0.877. The Balaban J connectivity index is 1.77. The van der Waals surface area contributed by atoms with Gasteiger partial charge in [0, 0.05) is 0 Å². The fraction of sp³-hybridized carbons (Fsp3) is 0.214. The summed E-state index contributed by atoms with van der Waals surface area (Å²) in [4.78, 5) is 28.4. The highest BCUT2D eigenvalue weighted by Crippen LogP contribution is 2.36. The molecular formula is C28H28N2O4. The van der Waals surface area contributed by atoms with E-state index in [-0.39, 0.29) is 11.6 Å². The van der Waals surface area contributed by atoms with E-state index in [2.05, 4.69) is 19.2 Å². The summed E-state index contributed by atoms with van der Waals surface area (Å²) in [6.07, 6.45) is 0. The fourth-order valence-electron chi connectivity index (χ4n) is 3.78. The largest absolute Gasteiger partial charge is 0.495 e. The van der Waals surface area contributed by atoms with Crippen LogP contribution in [0.5, 0.6) is 11.5 Å². The molecule has 0 saturated heterocycles. The van der Waals surface area contributed by atoms with Gasteiger partial charge in [0.25, 0.3) is 11.8 Å². The number of rotatable bonds is 8. The van der Waals surface area contributed by atoms with Crippen molar-refractivity contribution in [3.8, 4) is 11.5 Å². The zero-order chi connectivity index (χ0) is 24.2. The number of nitrogens with one attached hydrogen (secondary N) is 1. The number of amides is 2. The van der Waals surface area contributed by atoms with E-state index >= 15 is 0 Å². The number of hydrogen-bond acceptors (Lipinski definition) is 5. The minimum atomic E-state index is -0.420. The molecule has 3 aromatic rings. The van der Waals surface area contributed by atoms with E-state index in [1.54, 1.807) is 37.4 Å². The van der Waals surface area contributed by atoms with Crippen molar-refractivity contribution in [2.45, 2.75) is 20.8 Å². The van der Waals surface area contributed by atoms with Crippen molar-refractivity contribution >= 4 is 28.8 Å². The summed E-state index contributed by atoms with van der Waals surface area (Å²) in [6, 6.07) is 21.9. The third-order valence-corrected chi connectivity index (χ3v) is 5.44. The van der Waals surface area contributed by atoms with Crippen LogP contribution in [0.1, 0.15) is 25.0 Å². The number of imide groups is 1. The zero-order valence-corrected chi connectivity index (χ0v) is 19.8. The molecule has 1 aliphatic heterocycles. The minimum Gasteiger partial charge on any atom is -0.495 e. The maximum absolute atomic E-state index is 13.6. The Hall–Kier alpha value is -4.06. The molecule has 3 aromatic carbocycles. The van der Waals surface area contributed by atoms with E-state index in [1.807, 2.05) is 49.4 Å². The van der Waals surface area contributed by atoms with Gasteiger partial charge in [-0.2, -0.15) is 0 Å². The van der Waals surface area contributed by atoms with Gasteiger partial charge in [-0.1, -0.05) is 50.2 Å². The quantitative estimate of drug-likeness (QED) is 0.458. The highest BCUT2D eigenvalue weighted by Gasteiger charge is 2.40. The molecule has 6 nitrogen and oxygen atoms in total. The van der Waals surface area contributed by atoms with E-state index in [0.29, 0.717) is 46.5 Å². The first kappa shape index (κ1) is 23.1. The van der Waals surface area contributed by atoms with Crippen molar-refractivity contribution in [1.82, 2.24) is 0 Å². The van der Waals surface area contributed by atoms with Gasteiger partial charge in [-0.25, -0.2) is 4.90 Å². The third-order valence-electron chi connectivity index (χ3n) is 5.44. The average molecular weight is 457 g/mol. The van der Waals surface area contributed by atoms with Crippen molar-refractivity contribution in [3.05, 3.63) is 89.6 Å². The maximum atomic E-state index is 13.6. The lowest BCUT2D eigenvalue weighted by molar-refractivity contribution is -0.120. The molecule has 34 heavy (non-hydrogen) atoms. The minimum absolute atomic E-state index is 0.201. The molecule has 0 saturated carbocycles. The Morgan fingerprint density at radius 1 is 0.912 bits per heavy atom. The van der Waals surface area contributed by atoms with Crippen molar-refractivity contribution < 1.29 is 19.1 Å². The highest BCUT2D eigenvalue weighted by molar-refractivity contribution is 6.46. The Morgan fingerprint density at radius 3 is 2.32 bits per heavy atom. The number of hydrogen-bond donors (Lipinski definition) is 1. The van der Waals surface area contributed by atoms with E-state index in [9.17, 15) is 9.59 Å². The molecule has 4 rings (SSSR count). The molecule has 1 N–H and O–H groups in total. The van der Waals surface area contributed by atoms with Crippen molar-refractivity contribution in [1.29, 1.82) is 0 Å². The highest BCUT2D eigenvalue weighted by atomic mass is 16.5. The first-order chi connectivity index (χ1) is 16.4. The standard InChI is InChI=1S/C28H28N2O4/c1-18(2)17-34-22-14-12-20(13-15-22)25-26(29-23-10-5-6-11-24(23)33-4)28(32)30(27(25)31)21-9-7-8-19(3)16-21/h5-16,18,29H,17H2,1-4H3. The van der Waals surface area contributed by atoms with E-state index in [1.165, 1.54) is 4.90 Å². The molecule has 1 aliphatic rings. The molecule has 0 fully saturated rings. The summed E-state index contributed by atoms with van der Waals surface area (Å²) >= 11 is 0. The first-order valence-electron chi connectivity index (χ1n) is 11.2. The number of carbonyl (C=O) groups is 2. The molecule has 6 heteroatoms. The van der Waals surface area contributed by atoms with Crippen LogP contribution in [0.3, 0.4) is 0 Å². The van der Waals surface area contributed by atoms with Crippen LogP contribution in [0.25, 0.3) is 5.57 Å². The molecule has 0 atom stereocenters. The SMILES string of the molecule is COc1ccccc1NC1=C(c2ccc(OCC(C)C)cc2)C(=O)N(c2cccc(C)c2)C1=O. The molecule has 2 amide bonds. The lowest BCUT2D eigenvalue weighted by Crippen LogP contribution is -2.32. The maximum Gasteiger partial charge on any atom is 0.282 e. The van der Waals surface area contributed by atoms with Gasteiger partial charge in [0.05, 0.1) is 30.7 Å². The van der Waals surface area contributed by atoms with Crippen molar-refractivity contribution in [2.75, 3.05) is 23.9 Å². The number of aryl methyl sites for hydroxylation is 1. The van der Waals surface area contributed by atoms with Crippen LogP contribution in [-0.4, -0.2) is 25.5 Å². The second-order valence-electron chi connectivity index (χ2n) is 8.59. The zero-order valence-electron chi connectivity index (χ0n) is 19.8. The van der Waals surface area contributed by atoms with Gasteiger partial charge in [0.1, 0.15) is 17.2 Å². The molecule has 0 aromatic heterocycles. The van der Waals surface area contributed by atoms with Crippen LogP contribution in [0, 0.1) is 12.8 Å². The number of carbonyl (C=O) groups excluding carboxylic acids is 2. The van der Waals surface area contributed by atoms with Gasteiger partial charge in [-0.3, -0.25) is 9.59 Å². The molecule has 0 radical (unpaired) electrons. The molecule has 1 heterocycles. The third kappa shape index (κ3) is 4.66. The predicted molar refractivity (Wildman–Crippen MR) is 134 cm³/mol. The second kappa shape index (κ2) is 9.83. The van der Waals surface area contributed by atoms with Gasteiger partial charge in [0.15, 0.2) is 0 Å². The molecular weight excluding hydrogens is 428 g/mol. The summed E-state index contributed by atoms with van der Waals surface area (Å²) < 4.78 is 11.2. The van der Waals surface area contributed by atoms with Gasteiger partial charge in [-0.05, 0) is 60.4 Å². The fourth-order valence-corrected chi connectivity index (χ4v) is 3.78. The summed E-state index contributed by atoms with van der Waals surface area (Å²) in [5.41, 5.74) is 3.21. The smallest absolute Gasteiger partial charge is 0.282 e. The molecule has 0 unspecified atom stereocenters. The second-order valence-corrected chi connectivity index (χ2v) is 8.59. The molecule has 174 valence electrons. The summed E-state index contributed by atoms with van der Waals surface area (Å²) in [6.45, 7) is 6.68. The number of nitrogens with zero attached hydrogens (tertiary/aromatic N) is 1. The van der Waals surface area contributed by atoms with Crippen molar-refractivity contribution in [3.63, 3.8) is 0 Å². The van der Waals surface area contributed by atoms with E-state index in [4.69, 9.17) is 9.47 Å². The van der Waals surface area contributed by atoms with Gasteiger partial charge in [0.2, 0.25) is 0 Å². The molecule has 0 spiro atoms. The summed E-state index contributed by atoms with van der Waals surface area (Å²) in [7, 11) is 1.56. The normalized spacial score (nSPS) is 13.6. The summed E-state index contributed by atoms with van der Waals surface area (Å²) in [5, 5.41) is 3.17. The van der Waals surface area contributed by atoms with Crippen LogP contribution >= 0.6 is 0 Å².